The van der Waals surface area contributed by atoms with Crippen LogP contribution in [0.25, 0.3) is 0 Å². The second-order valence-electron chi connectivity index (χ2n) is 4.71. The van der Waals surface area contributed by atoms with Crippen LogP contribution in [0.2, 0.25) is 0 Å². The van der Waals surface area contributed by atoms with Crippen molar-refractivity contribution >= 4 is 21.7 Å². The summed E-state index contributed by atoms with van der Waals surface area (Å²) in [5.74, 6) is 1.87. The molecule has 0 aliphatic carbocycles. The highest BCUT2D eigenvalue weighted by atomic mass is 79.9. The first-order valence-electron chi connectivity index (χ1n) is 6.71. The van der Waals surface area contributed by atoms with Crippen molar-refractivity contribution in [1.29, 1.82) is 0 Å². The number of halogens is 1. The largest absolute Gasteiger partial charge is 0.493 e. The number of ether oxygens (including phenoxy) is 1. The lowest BCUT2D eigenvalue weighted by molar-refractivity contribution is 0.312. The van der Waals surface area contributed by atoms with E-state index in [9.17, 15) is 0 Å². The molecule has 0 saturated carbocycles. The number of nitrogens with one attached hydrogen (secondary N) is 1. The van der Waals surface area contributed by atoms with E-state index >= 15 is 0 Å². The van der Waals surface area contributed by atoms with E-state index in [1.165, 1.54) is 5.56 Å². The molecule has 0 saturated heterocycles. The van der Waals surface area contributed by atoms with Crippen molar-refractivity contribution in [2.24, 2.45) is 0 Å². The Morgan fingerprint density at radius 3 is 2.80 bits per heavy atom. The van der Waals surface area contributed by atoms with Crippen LogP contribution in [-0.2, 0) is 0 Å². The van der Waals surface area contributed by atoms with Crippen LogP contribution >= 0.6 is 15.9 Å². The summed E-state index contributed by atoms with van der Waals surface area (Å²) < 4.78 is 6.95. The van der Waals surface area contributed by atoms with Crippen molar-refractivity contribution in [2.75, 3.05) is 18.5 Å². The van der Waals surface area contributed by atoms with E-state index < -0.39 is 0 Å². The molecule has 4 heteroatoms. The smallest absolute Gasteiger partial charge is 0.125 e. The third-order valence-corrected chi connectivity index (χ3v) is 3.86. The lowest BCUT2D eigenvalue weighted by Gasteiger charge is -2.11. The Bertz CT molecular complexity index is 558. The van der Waals surface area contributed by atoms with Gasteiger partial charge in [-0.3, -0.25) is 0 Å². The molecule has 3 nitrogen and oxygen atoms in total. The molecule has 0 radical (unpaired) electrons. The molecule has 1 heterocycles. The summed E-state index contributed by atoms with van der Waals surface area (Å²) in [5.41, 5.74) is 2.34. The first-order valence-corrected chi connectivity index (χ1v) is 7.50. The van der Waals surface area contributed by atoms with E-state index in [-0.39, 0.29) is 0 Å². The van der Waals surface area contributed by atoms with Gasteiger partial charge in [0.2, 0.25) is 0 Å². The summed E-state index contributed by atoms with van der Waals surface area (Å²) in [4.78, 5) is 4.21. The highest BCUT2D eigenvalue weighted by molar-refractivity contribution is 9.10. The summed E-state index contributed by atoms with van der Waals surface area (Å²) in [6.45, 7) is 5.68. The van der Waals surface area contributed by atoms with Crippen LogP contribution < -0.4 is 10.1 Å². The molecule has 0 amide bonds. The van der Waals surface area contributed by atoms with Crippen molar-refractivity contribution in [3.63, 3.8) is 0 Å². The summed E-state index contributed by atoms with van der Waals surface area (Å²) in [5, 5.41) is 3.27. The third-order valence-electron chi connectivity index (χ3n) is 3.01. The van der Waals surface area contributed by atoms with Crippen LogP contribution in [-0.4, -0.2) is 18.1 Å². The lowest BCUT2D eigenvalue weighted by atomic mass is 10.1. The zero-order valence-corrected chi connectivity index (χ0v) is 13.4. The van der Waals surface area contributed by atoms with Gasteiger partial charge >= 0.3 is 0 Å². The molecule has 2 aromatic rings. The Hall–Kier alpha value is -1.55. The predicted octanol–water partition coefficient (Wildman–Crippen LogP) is 4.34. The molecule has 0 fully saturated rings. The highest BCUT2D eigenvalue weighted by Gasteiger charge is 2.03. The summed E-state index contributed by atoms with van der Waals surface area (Å²) in [7, 11) is 0. The minimum Gasteiger partial charge on any atom is -0.493 e. The monoisotopic (exact) mass is 334 g/mol. The van der Waals surface area contributed by atoms with Crippen LogP contribution in [0.15, 0.2) is 41.0 Å². The summed E-state index contributed by atoms with van der Waals surface area (Å²) >= 11 is 3.53. The topological polar surface area (TPSA) is 34.1 Å². The molecule has 0 aliphatic rings. The van der Waals surface area contributed by atoms with E-state index in [4.69, 9.17) is 4.74 Å². The van der Waals surface area contributed by atoms with Gasteiger partial charge in [-0.05, 0) is 55.7 Å². The van der Waals surface area contributed by atoms with Gasteiger partial charge in [0.05, 0.1) is 6.61 Å². The fourth-order valence-corrected chi connectivity index (χ4v) is 2.31. The van der Waals surface area contributed by atoms with Gasteiger partial charge in [0.1, 0.15) is 11.6 Å². The van der Waals surface area contributed by atoms with E-state index in [1.807, 2.05) is 18.2 Å². The molecule has 0 unspecified atom stereocenters. The third kappa shape index (κ3) is 4.23. The van der Waals surface area contributed by atoms with E-state index in [0.717, 1.165) is 34.6 Å². The highest BCUT2D eigenvalue weighted by Crippen LogP contribution is 2.26. The number of rotatable bonds is 6. The number of aromatic nitrogens is 1. The van der Waals surface area contributed by atoms with Crippen molar-refractivity contribution in [2.45, 2.75) is 20.3 Å². The van der Waals surface area contributed by atoms with Gasteiger partial charge in [-0.25, -0.2) is 4.98 Å². The Labute approximate surface area is 128 Å². The Kier molecular flexibility index (Phi) is 5.41. The molecule has 1 N–H and O–H groups in total. The Balaban J connectivity index is 1.75. The molecule has 106 valence electrons. The standard InChI is InChI=1S/C16H19BrN2O/c1-12-11-15(13(2)10-14(12)17)20-9-5-8-19-16-6-3-4-7-18-16/h3-4,6-7,10-11H,5,8-9H2,1-2H3,(H,18,19). The van der Waals surface area contributed by atoms with Crippen molar-refractivity contribution < 1.29 is 4.74 Å². The summed E-state index contributed by atoms with van der Waals surface area (Å²) in [6, 6.07) is 10.0. The van der Waals surface area contributed by atoms with Crippen LogP contribution in [0.3, 0.4) is 0 Å². The Morgan fingerprint density at radius 2 is 2.05 bits per heavy atom. The normalized spacial score (nSPS) is 10.3. The maximum atomic E-state index is 5.83. The average Bonchev–Trinajstić information content (AvgIpc) is 2.45. The number of nitrogens with zero attached hydrogens (tertiary/aromatic N) is 1. The molecule has 0 bridgehead atoms. The molecule has 0 spiro atoms. The number of aryl methyl sites for hydroxylation is 2. The maximum absolute atomic E-state index is 5.83. The fourth-order valence-electron chi connectivity index (χ4n) is 1.85. The molecular weight excluding hydrogens is 316 g/mol. The molecular formula is C16H19BrN2O. The molecule has 20 heavy (non-hydrogen) atoms. The lowest BCUT2D eigenvalue weighted by Crippen LogP contribution is -2.08. The second-order valence-corrected chi connectivity index (χ2v) is 5.56. The zero-order valence-electron chi connectivity index (χ0n) is 11.8. The first-order chi connectivity index (χ1) is 9.66. The number of hydrogen-bond donors (Lipinski definition) is 1. The van der Waals surface area contributed by atoms with Gasteiger partial charge < -0.3 is 10.1 Å². The van der Waals surface area contributed by atoms with Gasteiger partial charge in [-0.1, -0.05) is 22.0 Å². The van der Waals surface area contributed by atoms with Gasteiger partial charge in [-0.2, -0.15) is 0 Å². The average molecular weight is 335 g/mol. The number of anilines is 1. The van der Waals surface area contributed by atoms with E-state index in [1.54, 1.807) is 6.20 Å². The minimum atomic E-state index is 0.696. The number of hydrogen-bond acceptors (Lipinski definition) is 3. The van der Waals surface area contributed by atoms with Crippen molar-refractivity contribution in [3.8, 4) is 5.75 Å². The zero-order chi connectivity index (χ0) is 14.4. The molecule has 2 rings (SSSR count). The fraction of sp³-hybridized carbons (Fsp3) is 0.312. The van der Waals surface area contributed by atoms with Crippen molar-refractivity contribution in [3.05, 3.63) is 52.1 Å². The second kappa shape index (κ2) is 7.29. The SMILES string of the molecule is Cc1cc(OCCCNc2ccccn2)c(C)cc1Br. The van der Waals surface area contributed by atoms with Crippen LogP contribution in [0, 0.1) is 13.8 Å². The van der Waals surface area contributed by atoms with Crippen LogP contribution in [0.5, 0.6) is 5.75 Å². The summed E-state index contributed by atoms with van der Waals surface area (Å²) in [6.07, 6.45) is 2.72. The number of benzene rings is 1. The molecule has 1 aromatic heterocycles. The molecule has 1 aromatic carbocycles. The maximum Gasteiger partial charge on any atom is 0.125 e. The Morgan fingerprint density at radius 1 is 1.20 bits per heavy atom. The van der Waals surface area contributed by atoms with Crippen molar-refractivity contribution in [1.82, 2.24) is 4.98 Å². The van der Waals surface area contributed by atoms with Gasteiger partial charge in [0.25, 0.3) is 0 Å². The molecule has 0 atom stereocenters. The first kappa shape index (κ1) is 14.9. The van der Waals surface area contributed by atoms with Gasteiger partial charge in [-0.15, -0.1) is 0 Å². The minimum absolute atomic E-state index is 0.696. The van der Waals surface area contributed by atoms with Gasteiger partial charge in [0, 0.05) is 17.2 Å². The van der Waals surface area contributed by atoms with Crippen LogP contribution in [0.1, 0.15) is 17.5 Å². The quantitative estimate of drug-likeness (QED) is 0.798. The van der Waals surface area contributed by atoms with Crippen LogP contribution in [0.4, 0.5) is 5.82 Å². The van der Waals surface area contributed by atoms with E-state index in [0.29, 0.717) is 6.61 Å². The molecule has 0 aliphatic heterocycles. The predicted molar refractivity (Wildman–Crippen MR) is 86.5 cm³/mol. The van der Waals surface area contributed by atoms with E-state index in [2.05, 4.69) is 52.2 Å². The number of pyridine rings is 1. The van der Waals surface area contributed by atoms with Gasteiger partial charge in [0.15, 0.2) is 0 Å².